The van der Waals surface area contributed by atoms with Gasteiger partial charge in [0.15, 0.2) is 5.69 Å². The molecule has 0 saturated carbocycles. The molecule has 120 valence electrons. The molecule has 0 aliphatic heterocycles. The van der Waals surface area contributed by atoms with Gasteiger partial charge in [-0.1, -0.05) is 28.1 Å². The second-order valence-corrected chi connectivity index (χ2v) is 5.71. The standard InChI is InChI=1S/C17H11BrN2O4/c18-11-7-5-10(6-8-11)15-20-14(17(23)24-15)9-19-13-4-2-1-3-12(13)16(21)22/h1-9,23H,(H,21,22). The Morgan fingerprint density at radius 2 is 1.88 bits per heavy atom. The molecule has 0 spiro atoms. The van der Waals surface area contributed by atoms with Gasteiger partial charge in [-0.05, 0) is 36.4 Å². The van der Waals surface area contributed by atoms with Crippen molar-refractivity contribution >= 4 is 33.8 Å². The molecule has 0 fully saturated rings. The molecule has 0 saturated heterocycles. The van der Waals surface area contributed by atoms with E-state index in [1.54, 1.807) is 30.3 Å². The molecule has 2 N–H and O–H groups in total. The predicted molar refractivity (Wildman–Crippen MR) is 92.0 cm³/mol. The predicted octanol–water partition coefficient (Wildman–Crippen LogP) is 4.26. The zero-order chi connectivity index (χ0) is 17.1. The first-order valence-corrected chi connectivity index (χ1v) is 7.66. The SMILES string of the molecule is O=C(O)c1ccccc1N=Cc1nc(-c2ccc(Br)cc2)oc1O. The van der Waals surface area contributed by atoms with Gasteiger partial charge in [0.1, 0.15) is 0 Å². The van der Waals surface area contributed by atoms with Gasteiger partial charge in [-0.25, -0.2) is 9.78 Å². The van der Waals surface area contributed by atoms with Gasteiger partial charge in [0.05, 0.1) is 17.5 Å². The summed E-state index contributed by atoms with van der Waals surface area (Å²) >= 11 is 3.34. The highest BCUT2D eigenvalue weighted by atomic mass is 79.9. The van der Waals surface area contributed by atoms with Crippen molar-refractivity contribution < 1.29 is 19.4 Å². The molecular weight excluding hydrogens is 376 g/mol. The number of aromatic nitrogens is 1. The van der Waals surface area contributed by atoms with E-state index in [0.29, 0.717) is 5.56 Å². The molecule has 0 amide bonds. The van der Waals surface area contributed by atoms with Crippen molar-refractivity contribution in [3.8, 4) is 17.4 Å². The first-order valence-electron chi connectivity index (χ1n) is 6.86. The van der Waals surface area contributed by atoms with Gasteiger partial charge in [0.2, 0.25) is 5.89 Å². The maximum Gasteiger partial charge on any atom is 0.337 e. The number of oxazole rings is 1. The Bertz CT molecular complexity index is 917. The minimum absolute atomic E-state index is 0.0601. The molecule has 1 heterocycles. The van der Waals surface area contributed by atoms with Crippen LogP contribution < -0.4 is 0 Å². The fourth-order valence-electron chi connectivity index (χ4n) is 2.02. The highest BCUT2D eigenvalue weighted by Gasteiger charge is 2.13. The molecule has 0 unspecified atom stereocenters. The quantitative estimate of drug-likeness (QED) is 0.653. The number of hydrogen-bond donors (Lipinski definition) is 2. The lowest BCUT2D eigenvalue weighted by Crippen LogP contribution is -1.96. The van der Waals surface area contributed by atoms with Crippen LogP contribution in [-0.4, -0.2) is 27.4 Å². The largest absolute Gasteiger partial charge is 0.479 e. The van der Waals surface area contributed by atoms with Gasteiger partial charge in [-0.3, -0.25) is 4.99 Å². The van der Waals surface area contributed by atoms with Gasteiger partial charge in [-0.2, -0.15) is 0 Å². The molecule has 3 aromatic rings. The number of para-hydroxylation sites is 1. The lowest BCUT2D eigenvalue weighted by atomic mass is 10.2. The van der Waals surface area contributed by atoms with Crippen LogP contribution in [-0.2, 0) is 0 Å². The summed E-state index contributed by atoms with van der Waals surface area (Å²) in [7, 11) is 0. The summed E-state index contributed by atoms with van der Waals surface area (Å²) < 4.78 is 6.14. The van der Waals surface area contributed by atoms with Crippen LogP contribution in [0.3, 0.4) is 0 Å². The lowest BCUT2D eigenvalue weighted by Gasteiger charge is -1.98. The van der Waals surface area contributed by atoms with Crippen molar-refractivity contribution in [1.82, 2.24) is 4.98 Å². The van der Waals surface area contributed by atoms with E-state index in [1.165, 1.54) is 12.3 Å². The normalized spacial score (nSPS) is 11.0. The van der Waals surface area contributed by atoms with Crippen molar-refractivity contribution in [2.45, 2.75) is 0 Å². The van der Waals surface area contributed by atoms with Crippen LogP contribution in [0.1, 0.15) is 16.1 Å². The van der Waals surface area contributed by atoms with Gasteiger partial charge in [0, 0.05) is 10.0 Å². The number of carbonyl (C=O) groups is 1. The van der Waals surface area contributed by atoms with Crippen LogP contribution in [0.2, 0.25) is 0 Å². The molecular formula is C17H11BrN2O4. The van der Waals surface area contributed by atoms with Crippen LogP contribution in [0, 0.1) is 0 Å². The maximum atomic E-state index is 11.2. The molecule has 0 aliphatic carbocycles. The topological polar surface area (TPSA) is 95.9 Å². The van der Waals surface area contributed by atoms with E-state index in [2.05, 4.69) is 25.9 Å². The highest BCUT2D eigenvalue weighted by molar-refractivity contribution is 9.10. The summed E-state index contributed by atoms with van der Waals surface area (Å²) in [5.74, 6) is -1.22. The maximum absolute atomic E-state index is 11.2. The van der Waals surface area contributed by atoms with Gasteiger partial charge < -0.3 is 14.6 Å². The second kappa shape index (κ2) is 6.67. The van der Waals surface area contributed by atoms with Crippen molar-refractivity contribution in [2.75, 3.05) is 0 Å². The van der Waals surface area contributed by atoms with Gasteiger partial charge >= 0.3 is 11.9 Å². The average molecular weight is 387 g/mol. The number of nitrogens with zero attached hydrogens (tertiary/aromatic N) is 2. The van der Waals surface area contributed by atoms with E-state index in [-0.39, 0.29) is 28.8 Å². The summed E-state index contributed by atoms with van der Waals surface area (Å²) in [4.78, 5) is 19.4. The molecule has 0 radical (unpaired) electrons. The number of hydrogen-bond acceptors (Lipinski definition) is 5. The van der Waals surface area contributed by atoms with Crippen molar-refractivity contribution in [2.24, 2.45) is 4.99 Å². The van der Waals surface area contributed by atoms with Gasteiger partial charge in [-0.15, -0.1) is 0 Å². The third kappa shape index (κ3) is 3.36. The molecule has 0 atom stereocenters. The van der Waals surface area contributed by atoms with Crippen LogP contribution in [0.25, 0.3) is 11.5 Å². The first-order chi connectivity index (χ1) is 11.5. The minimum Gasteiger partial charge on any atom is -0.479 e. The van der Waals surface area contributed by atoms with Crippen LogP contribution in [0.5, 0.6) is 5.95 Å². The number of aromatic carboxylic acids is 1. The summed E-state index contributed by atoms with van der Waals surface area (Å²) in [5.41, 5.74) is 1.13. The van der Waals surface area contributed by atoms with E-state index >= 15 is 0 Å². The number of aliphatic imine (C=N–C) groups is 1. The number of carboxylic acid groups (broad SMARTS) is 1. The van der Waals surface area contributed by atoms with E-state index in [0.717, 1.165) is 4.47 Å². The third-order valence-electron chi connectivity index (χ3n) is 3.19. The van der Waals surface area contributed by atoms with Crippen molar-refractivity contribution in [3.05, 3.63) is 64.3 Å². The second-order valence-electron chi connectivity index (χ2n) is 4.80. The Morgan fingerprint density at radius 1 is 1.17 bits per heavy atom. The third-order valence-corrected chi connectivity index (χ3v) is 3.71. The molecule has 24 heavy (non-hydrogen) atoms. The summed E-state index contributed by atoms with van der Waals surface area (Å²) in [5, 5.41) is 19.0. The lowest BCUT2D eigenvalue weighted by molar-refractivity contribution is 0.0698. The monoisotopic (exact) mass is 386 g/mol. The molecule has 0 bridgehead atoms. The minimum atomic E-state index is -1.08. The molecule has 0 aliphatic rings. The molecule has 1 aromatic heterocycles. The van der Waals surface area contributed by atoms with Gasteiger partial charge in [0.25, 0.3) is 0 Å². The summed E-state index contributed by atoms with van der Waals surface area (Å²) in [6.07, 6.45) is 1.27. The molecule has 7 heteroatoms. The number of rotatable bonds is 4. The molecule has 6 nitrogen and oxygen atoms in total. The highest BCUT2D eigenvalue weighted by Crippen LogP contribution is 2.27. The van der Waals surface area contributed by atoms with Crippen LogP contribution in [0.15, 0.2) is 62.4 Å². The van der Waals surface area contributed by atoms with E-state index in [9.17, 15) is 9.90 Å². The zero-order valence-corrected chi connectivity index (χ0v) is 13.8. The first kappa shape index (κ1) is 15.9. The summed E-state index contributed by atoms with van der Waals surface area (Å²) in [6, 6.07) is 13.5. The number of halogens is 1. The Kier molecular flexibility index (Phi) is 4.43. The average Bonchev–Trinajstić information content (AvgIpc) is 2.94. The smallest absolute Gasteiger partial charge is 0.337 e. The van der Waals surface area contributed by atoms with Crippen molar-refractivity contribution in [1.29, 1.82) is 0 Å². The van der Waals surface area contributed by atoms with Crippen molar-refractivity contribution in [3.63, 3.8) is 0 Å². The number of benzene rings is 2. The van der Waals surface area contributed by atoms with E-state index in [1.807, 2.05) is 12.1 Å². The van der Waals surface area contributed by atoms with Crippen LogP contribution in [0.4, 0.5) is 5.69 Å². The van der Waals surface area contributed by atoms with Crippen LogP contribution >= 0.6 is 15.9 Å². The Hall–Kier alpha value is -2.93. The number of carboxylic acids is 1. The van der Waals surface area contributed by atoms with E-state index in [4.69, 9.17) is 9.52 Å². The fourth-order valence-corrected chi connectivity index (χ4v) is 2.29. The molecule has 2 aromatic carbocycles. The Morgan fingerprint density at radius 3 is 2.58 bits per heavy atom. The fraction of sp³-hybridized carbons (Fsp3) is 0. The Balaban J connectivity index is 1.91. The zero-order valence-electron chi connectivity index (χ0n) is 12.2. The van der Waals surface area contributed by atoms with E-state index < -0.39 is 5.97 Å². The number of aromatic hydroxyl groups is 1. The molecule has 3 rings (SSSR count). The Labute approximate surface area is 145 Å². The summed E-state index contributed by atoms with van der Waals surface area (Å²) in [6.45, 7) is 0.